The van der Waals surface area contributed by atoms with E-state index in [0.29, 0.717) is 11.5 Å². The Morgan fingerprint density at radius 2 is 2.40 bits per heavy atom. The topological polar surface area (TPSA) is 104 Å². The van der Waals surface area contributed by atoms with Crippen LogP contribution in [0.2, 0.25) is 0 Å². The Morgan fingerprint density at radius 3 is 3.00 bits per heavy atom. The van der Waals surface area contributed by atoms with Gasteiger partial charge in [0, 0.05) is 5.38 Å². The fraction of sp³-hybridized carbons (Fsp3) is 0.167. The second-order valence-corrected chi connectivity index (χ2v) is 3.43. The molecule has 0 aliphatic carbocycles. The molecule has 0 bridgehead atoms. The maximum absolute atomic E-state index is 4.05. The first-order valence-corrected chi connectivity index (χ1v) is 4.85. The van der Waals surface area contributed by atoms with Crippen molar-refractivity contribution in [2.24, 2.45) is 15.4 Å². The SMILES string of the molecule is C1=NN=NC1(c1csnn1)c1ncn[nH]1. The van der Waals surface area contributed by atoms with Gasteiger partial charge in [-0.1, -0.05) is 4.49 Å². The van der Waals surface area contributed by atoms with Crippen molar-refractivity contribution in [1.29, 1.82) is 0 Å². The Morgan fingerprint density at radius 1 is 1.40 bits per heavy atom. The number of aromatic amines is 1. The fourth-order valence-corrected chi connectivity index (χ4v) is 1.81. The van der Waals surface area contributed by atoms with Crippen LogP contribution in [0.4, 0.5) is 0 Å². The van der Waals surface area contributed by atoms with Gasteiger partial charge in [0.15, 0.2) is 5.82 Å². The van der Waals surface area contributed by atoms with Gasteiger partial charge in [0.05, 0.1) is 6.21 Å². The Balaban J connectivity index is 2.20. The summed E-state index contributed by atoms with van der Waals surface area (Å²) in [6.07, 6.45) is 2.96. The second-order valence-electron chi connectivity index (χ2n) is 2.82. The summed E-state index contributed by atoms with van der Waals surface area (Å²) in [5.41, 5.74) is -0.252. The van der Waals surface area contributed by atoms with Gasteiger partial charge in [-0.15, -0.1) is 15.3 Å². The van der Waals surface area contributed by atoms with E-state index in [0.717, 1.165) is 0 Å². The molecule has 74 valence electrons. The molecule has 1 N–H and O–H groups in total. The normalized spacial score (nSPS) is 23.7. The lowest BCUT2D eigenvalue weighted by Crippen LogP contribution is -2.27. The third kappa shape index (κ3) is 1.09. The first kappa shape index (κ1) is 8.29. The molecule has 1 aliphatic heterocycles. The number of nitrogens with one attached hydrogen (secondary N) is 1. The van der Waals surface area contributed by atoms with Gasteiger partial charge in [0.2, 0.25) is 5.54 Å². The third-order valence-electron chi connectivity index (χ3n) is 2.03. The van der Waals surface area contributed by atoms with Crippen molar-refractivity contribution in [3.8, 4) is 0 Å². The minimum Gasteiger partial charge on any atom is -0.261 e. The van der Waals surface area contributed by atoms with Crippen molar-refractivity contribution in [3.05, 3.63) is 23.2 Å². The summed E-state index contributed by atoms with van der Waals surface area (Å²) >= 11 is 1.24. The molecule has 8 nitrogen and oxygen atoms in total. The van der Waals surface area contributed by atoms with Crippen LogP contribution in [-0.2, 0) is 5.54 Å². The highest BCUT2D eigenvalue weighted by atomic mass is 32.1. The summed E-state index contributed by atoms with van der Waals surface area (Å²) in [6.45, 7) is 0. The van der Waals surface area contributed by atoms with E-state index in [-0.39, 0.29) is 0 Å². The van der Waals surface area contributed by atoms with Crippen molar-refractivity contribution in [3.63, 3.8) is 0 Å². The van der Waals surface area contributed by atoms with E-state index in [1.54, 1.807) is 11.6 Å². The summed E-state index contributed by atoms with van der Waals surface area (Å²) in [5.74, 6) is 0.528. The summed E-state index contributed by atoms with van der Waals surface area (Å²) < 4.78 is 3.79. The largest absolute Gasteiger partial charge is 0.261 e. The number of hydrogen-bond acceptors (Lipinski definition) is 8. The molecule has 2 aromatic rings. The van der Waals surface area contributed by atoms with Gasteiger partial charge in [-0.05, 0) is 16.8 Å². The zero-order valence-corrected chi connectivity index (χ0v) is 8.09. The number of hydrogen-bond donors (Lipinski definition) is 1. The zero-order chi connectivity index (χ0) is 10.1. The van der Waals surface area contributed by atoms with Gasteiger partial charge < -0.3 is 0 Å². The van der Waals surface area contributed by atoms with Gasteiger partial charge in [-0.25, -0.2) is 4.98 Å². The molecule has 0 saturated heterocycles. The standard InChI is InChI=1S/C6H4N8S/c1-4(10-14-15-1)6(2-8-13-12-6)5-7-3-9-11-5/h1-3H,(H,7,9,11). The van der Waals surface area contributed by atoms with Crippen molar-refractivity contribution in [2.75, 3.05) is 0 Å². The predicted molar refractivity (Wildman–Crippen MR) is 50.4 cm³/mol. The number of rotatable bonds is 2. The van der Waals surface area contributed by atoms with E-state index < -0.39 is 5.54 Å². The molecule has 9 heteroatoms. The molecule has 0 aromatic carbocycles. The van der Waals surface area contributed by atoms with Crippen molar-refractivity contribution in [2.45, 2.75) is 5.54 Å². The highest BCUT2D eigenvalue weighted by Crippen LogP contribution is 2.31. The molecule has 15 heavy (non-hydrogen) atoms. The molecule has 1 atom stereocenters. The van der Waals surface area contributed by atoms with E-state index in [2.05, 4.69) is 40.2 Å². The molecular weight excluding hydrogens is 216 g/mol. The van der Waals surface area contributed by atoms with E-state index in [1.165, 1.54) is 17.9 Å². The quantitative estimate of drug-likeness (QED) is 0.788. The fourth-order valence-electron chi connectivity index (χ4n) is 1.30. The minimum absolute atomic E-state index is 0.528. The third-order valence-corrected chi connectivity index (χ3v) is 2.53. The van der Waals surface area contributed by atoms with Crippen LogP contribution in [0.25, 0.3) is 0 Å². The van der Waals surface area contributed by atoms with Crippen LogP contribution in [0.3, 0.4) is 0 Å². The number of H-pyrrole nitrogens is 1. The minimum atomic E-state index is -0.885. The lowest BCUT2D eigenvalue weighted by atomic mass is 9.98. The van der Waals surface area contributed by atoms with Crippen LogP contribution in [-0.4, -0.2) is 31.0 Å². The molecule has 0 amide bonds. The van der Waals surface area contributed by atoms with E-state index in [4.69, 9.17) is 0 Å². The maximum atomic E-state index is 4.05. The second kappa shape index (κ2) is 2.98. The predicted octanol–water partition coefficient (Wildman–Crippen LogP) is 0.351. The molecule has 1 unspecified atom stereocenters. The molecule has 3 rings (SSSR count). The van der Waals surface area contributed by atoms with Crippen LogP contribution in [0.15, 0.2) is 27.1 Å². The van der Waals surface area contributed by atoms with E-state index >= 15 is 0 Å². The Labute approximate surface area is 87.3 Å². The van der Waals surface area contributed by atoms with Crippen molar-refractivity contribution < 1.29 is 0 Å². The highest BCUT2D eigenvalue weighted by Gasteiger charge is 2.41. The average Bonchev–Trinajstić information content (AvgIpc) is 3.02. The molecule has 0 radical (unpaired) electrons. The average molecular weight is 220 g/mol. The molecule has 3 heterocycles. The Kier molecular flexibility index (Phi) is 1.65. The van der Waals surface area contributed by atoms with Crippen LogP contribution >= 0.6 is 11.5 Å². The van der Waals surface area contributed by atoms with Crippen LogP contribution in [0.5, 0.6) is 0 Å². The zero-order valence-electron chi connectivity index (χ0n) is 7.27. The molecule has 2 aromatic heterocycles. The maximum Gasteiger partial charge on any atom is 0.223 e. The first-order chi connectivity index (χ1) is 7.42. The van der Waals surface area contributed by atoms with Crippen LogP contribution in [0, 0.1) is 0 Å². The highest BCUT2D eigenvalue weighted by molar-refractivity contribution is 7.03. The monoisotopic (exact) mass is 220 g/mol. The Hall–Kier alpha value is -2.03. The summed E-state index contributed by atoms with van der Waals surface area (Å²) in [4.78, 5) is 4.05. The van der Waals surface area contributed by atoms with Crippen molar-refractivity contribution >= 4 is 17.7 Å². The number of nitrogens with zero attached hydrogens (tertiary/aromatic N) is 7. The lowest BCUT2D eigenvalue weighted by molar-refractivity contribution is 0.642. The van der Waals surface area contributed by atoms with Gasteiger partial charge in [-0.3, -0.25) is 5.10 Å². The van der Waals surface area contributed by atoms with E-state index in [1.807, 2.05) is 0 Å². The Bertz CT molecular complexity index is 449. The summed E-state index contributed by atoms with van der Waals surface area (Å²) in [7, 11) is 0. The molecule has 0 fully saturated rings. The van der Waals surface area contributed by atoms with E-state index in [9.17, 15) is 0 Å². The summed E-state index contributed by atoms with van der Waals surface area (Å²) in [6, 6.07) is 0. The summed E-state index contributed by atoms with van der Waals surface area (Å²) in [5, 5.41) is 23.6. The van der Waals surface area contributed by atoms with Gasteiger partial charge >= 0.3 is 0 Å². The van der Waals surface area contributed by atoms with Gasteiger partial charge in [0.25, 0.3) is 0 Å². The molecular formula is C6H4N8S. The van der Waals surface area contributed by atoms with Gasteiger partial charge in [0.1, 0.15) is 12.0 Å². The molecule has 0 spiro atoms. The smallest absolute Gasteiger partial charge is 0.223 e. The molecule has 1 aliphatic rings. The first-order valence-electron chi connectivity index (χ1n) is 4.01. The van der Waals surface area contributed by atoms with Crippen LogP contribution in [0.1, 0.15) is 11.5 Å². The molecule has 0 saturated carbocycles. The van der Waals surface area contributed by atoms with Gasteiger partial charge in [-0.2, -0.15) is 5.10 Å². The number of aromatic nitrogens is 5. The lowest BCUT2D eigenvalue weighted by Gasteiger charge is -2.13. The van der Waals surface area contributed by atoms with Crippen LogP contribution < -0.4 is 0 Å². The van der Waals surface area contributed by atoms with Crippen molar-refractivity contribution in [1.82, 2.24) is 24.8 Å².